The molecule has 0 saturated heterocycles. The van der Waals surface area contributed by atoms with Gasteiger partial charge < -0.3 is 10.1 Å². The number of aryl methyl sites for hydroxylation is 1. The Morgan fingerprint density at radius 2 is 2.18 bits per heavy atom. The van der Waals surface area contributed by atoms with E-state index >= 15 is 0 Å². The molecule has 0 aliphatic carbocycles. The molecule has 1 aromatic rings. The van der Waals surface area contributed by atoms with E-state index in [2.05, 4.69) is 44.9 Å². The maximum absolute atomic E-state index is 5.01. The van der Waals surface area contributed by atoms with Crippen LogP contribution in [0.2, 0.25) is 0 Å². The first-order chi connectivity index (χ1) is 8.07. The standard InChI is InChI=1S/C12H22BrN3O/c1-9(8-14-6-5-7-17-4)16-11(3)12(13)10(2)15-16/h9,14H,5-8H2,1-4H3. The molecule has 5 heteroatoms. The number of methoxy groups -OCH3 is 1. The van der Waals surface area contributed by atoms with Crippen LogP contribution in [0.1, 0.15) is 30.8 Å². The molecule has 0 saturated carbocycles. The summed E-state index contributed by atoms with van der Waals surface area (Å²) in [7, 11) is 1.73. The Labute approximate surface area is 112 Å². The van der Waals surface area contributed by atoms with E-state index in [4.69, 9.17) is 4.74 Å². The molecule has 0 radical (unpaired) electrons. The van der Waals surface area contributed by atoms with Crippen LogP contribution in [0.15, 0.2) is 4.47 Å². The van der Waals surface area contributed by atoms with Crippen molar-refractivity contribution in [3.8, 4) is 0 Å². The topological polar surface area (TPSA) is 39.1 Å². The molecule has 0 fully saturated rings. The van der Waals surface area contributed by atoms with Crippen LogP contribution in [-0.2, 0) is 4.74 Å². The summed E-state index contributed by atoms with van der Waals surface area (Å²) in [6.45, 7) is 9.01. The largest absolute Gasteiger partial charge is 0.385 e. The Bertz CT molecular complexity index is 352. The van der Waals surface area contributed by atoms with Crippen LogP contribution in [0, 0.1) is 13.8 Å². The fraction of sp³-hybridized carbons (Fsp3) is 0.750. The number of nitrogens with one attached hydrogen (secondary N) is 1. The number of halogens is 1. The van der Waals surface area contributed by atoms with E-state index in [1.165, 1.54) is 5.69 Å². The highest BCUT2D eigenvalue weighted by Gasteiger charge is 2.13. The molecule has 1 aromatic heterocycles. The number of nitrogens with zero attached hydrogens (tertiary/aromatic N) is 2. The summed E-state index contributed by atoms with van der Waals surface area (Å²) in [5.74, 6) is 0. The van der Waals surface area contributed by atoms with Crippen molar-refractivity contribution in [3.63, 3.8) is 0 Å². The zero-order valence-electron chi connectivity index (χ0n) is 11.1. The average Bonchev–Trinajstić information content (AvgIpc) is 2.56. The van der Waals surface area contributed by atoms with Gasteiger partial charge in [-0.3, -0.25) is 4.68 Å². The highest BCUT2D eigenvalue weighted by atomic mass is 79.9. The molecule has 0 amide bonds. The van der Waals surface area contributed by atoms with Crippen LogP contribution in [-0.4, -0.2) is 36.6 Å². The fourth-order valence-electron chi connectivity index (χ4n) is 1.81. The van der Waals surface area contributed by atoms with Crippen molar-refractivity contribution in [2.75, 3.05) is 26.8 Å². The molecule has 98 valence electrons. The number of hydrogen-bond acceptors (Lipinski definition) is 3. The minimum atomic E-state index is 0.363. The second-order valence-electron chi connectivity index (χ2n) is 4.33. The van der Waals surface area contributed by atoms with E-state index in [0.717, 1.165) is 36.3 Å². The van der Waals surface area contributed by atoms with Crippen molar-refractivity contribution >= 4 is 15.9 Å². The molecular weight excluding hydrogens is 282 g/mol. The third-order valence-electron chi connectivity index (χ3n) is 2.80. The predicted octanol–water partition coefficient (Wildman–Crippen LogP) is 2.45. The van der Waals surface area contributed by atoms with E-state index in [9.17, 15) is 0 Å². The smallest absolute Gasteiger partial charge is 0.0738 e. The summed E-state index contributed by atoms with van der Waals surface area (Å²) in [6.07, 6.45) is 1.05. The first kappa shape index (κ1) is 14.7. The summed E-state index contributed by atoms with van der Waals surface area (Å²) in [5, 5.41) is 7.95. The lowest BCUT2D eigenvalue weighted by molar-refractivity contribution is 0.194. The van der Waals surface area contributed by atoms with E-state index in [-0.39, 0.29) is 0 Å². The van der Waals surface area contributed by atoms with Crippen LogP contribution in [0.25, 0.3) is 0 Å². The van der Waals surface area contributed by atoms with Gasteiger partial charge in [0.25, 0.3) is 0 Å². The maximum Gasteiger partial charge on any atom is 0.0738 e. The summed E-state index contributed by atoms with van der Waals surface area (Å²) in [5.41, 5.74) is 2.24. The number of aromatic nitrogens is 2. The van der Waals surface area contributed by atoms with Crippen molar-refractivity contribution in [1.82, 2.24) is 15.1 Å². The summed E-state index contributed by atoms with van der Waals surface area (Å²) >= 11 is 3.55. The van der Waals surface area contributed by atoms with Gasteiger partial charge >= 0.3 is 0 Å². The van der Waals surface area contributed by atoms with Crippen molar-refractivity contribution in [2.45, 2.75) is 33.2 Å². The predicted molar refractivity (Wildman–Crippen MR) is 73.5 cm³/mol. The van der Waals surface area contributed by atoms with E-state index < -0.39 is 0 Å². The van der Waals surface area contributed by atoms with Crippen LogP contribution >= 0.6 is 15.9 Å². The third kappa shape index (κ3) is 4.08. The Kier molecular flexibility index (Phi) is 6.16. The molecule has 1 heterocycles. The van der Waals surface area contributed by atoms with Gasteiger partial charge in [0.15, 0.2) is 0 Å². The summed E-state index contributed by atoms with van der Waals surface area (Å²) in [4.78, 5) is 0. The van der Waals surface area contributed by atoms with E-state index in [0.29, 0.717) is 6.04 Å². The van der Waals surface area contributed by atoms with Gasteiger partial charge in [0.1, 0.15) is 0 Å². The molecule has 0 aliphatic heterocycles. The van der Waals surface area contributed by atoms with Gasteiger partial charge in [0, 0.05) is 20.3 Å². The molecule has 1 rings (SSSR count). The number of rotatable bonds is 7. The van der Waals surface area contributed by atoms with Gasteiger partial charge in [0.2, 0.25) is 0 Å². The van der Waals surface area contributed by atoms with Gasteiger partial charge in [-0.1, -0.05) is 0 Å². The lowest BCUT2D eigenvalue weighted by atomic mass is 10.3. The van der Waals surface area contributed by atoms with Crippen LogP contribution in [0.4, 0.5) is 0 Å². The third-order valence-corrected chi connectivity index (χ3v) is 3.94. The van der Waals surface area contributed by atoms with Crippen molar-refractivity contribution in [3.05, 3.63) is 15.9 Å². The molecule has 0 aromatic carbocycles. The molecule has 1 unspecified atom stereocenters. The highest BCUT2D eigenvalue weighted by Crippen LogP contribution is 2.22. The molecule has 1 N–H and O–H groups in total. The van der Waals surface area contributed by atoms with Crippen molar-refractivity contribution in [1.29, 1.82) is 0 Å². The average molecular weight is 304 g/mol. The zero-order valence-corrected chi connectivity index (χ0v) is 12.7. The van der Waals surface area contributed by atoms with E-state index in [1.807, 2.05) is 6.92 Å². The fourth-order valence-corrected chi connectivity index (χ4v) is 2.07. The minimum absolute atomic E-state index is 0.363. The van der Waals surface area contributed by atoms with Gasteiger partial charge in [-0.05, 0) is 49.7 Å². The maximum atomic E-state index is 5.01. The minimum Gasteiger partial charge on any atom is -0.385 e. The van der Waals surface area contributed by atoms with Gasteiger partial charge in [0.05, 0.1) is 21.9 Å². The lowest BCUT2D eigenvalue weighted by Gasteiger charge is -2.15. The molecule has 0 aliphatic rings. The molecule has 0 bridgehead atoms. The lowest BCUT2D eigenvalue weighted by Crippen LogP contribution is -2.26. The second-order valence-corrected chi connectivity index (χ2v) is 5.12. The monoisotopic (exact) mass is 303 g/mol. The van der Waals surface area contributed by atoms with Gasteiger partial charge in [-0.25, -0.2) is 0 Å². The number of ether oxygens (including phenoxy) is 1. The number of hydrogen-bond donors (Lipinski definition) is 1. The first-order valence-electron chi connectivity index (χ1n) is 5.98. The zero-order chi connectivity index (χ0) is 12.8. The first-order valence-corrected chi connectivity index (χ1v) is 6.78. The summed E-state index contributed by atoms with van der Waals surface area (Å²) in [6, 6.07) is 0.363. The summed E-state index contributed by atoms with van der Waals surface area (Å²) < 4.78 is 8.19. The van der Waals surface area contributed by atoms with Crippen molar-refractivity contribution in [2.24, 2.45) is 0 Å². The Hall–Kier alpha value is -0.390. The Morgan fingerprint density at radius 3 is 2.71 bits per heavy atom. The van der Waals surface area contributed by atoms with Crippen LogP contribution in [0.3, 0.4) is 0 Å². The molecule has 4 nitrogen and oxygen atoms in total. The molecular formula is C12H22BrN3O. The van der Waals surface area contributed by atoms with Crippen molar-refractivity contribution < 1.29 is 4.74 Å². The second kappa shape index (κ2) is 7.13. The molecule has 0 spiro atoms. The molecule has 1 atom stereocenters. The quantitative estimate of drug-likeness (QED) is 0.787. The Morgan fingerprint density at radius 1 is 1.47 bits per heavy atom. The normalized spacial score (nSPS) is 13.0. The Balaban J connectivity index is 2.41. The van der Waals surface area contributed by atoms with Crippen LogP contribution < -0.4 is 5.32 Å². The SMILES string of the molecule is COCCCNCC(C)n1nc(C)c(Br)c1C. The highest BCUT2D eigenvalue weighted by molar-refractivity contribution is 9.10. The van der Waals surface area contributed by atoms with Gasteiger partial charge in [-0.15, -0.1) is 0 Å². The van der Waals surface area contributed by atoms with Crippen LogP contribution in [0.5, 0.6) is 0 Å². The molecule has 17 heavy (non-hydrogen) atoms. The van der Waals surface area contributed by atoms with E-state index in [1.54, 1.807) is 7.11 Å². The van der Waals surface area contributed by atoms with Gasteiger partial charge in [-0.2, -0.15) is 5.10 Å².